The molecule has 7 rings (SSSR count). The zero-order valence-electron chi connectivity index (χ0n) is 20.5. The fourth-order valence-corrected chi connectivity index (χ4v) is 8.80. The number of carbonyl (C=O) groups is 2. The van der Waals surface area contributed by atoms with Crippen LogP contribution in [0.4, 0.5) is 0 Å². The van der Waals surface area contributed by atoms with Gasteiger partial charge >= 0.3 is 11.9 Å². The van der Waals surface area contributed by atoms with E-state index in [1.807, 2.05) is 19.1 Å². The van der Waals surface area contributed by atoms with Crippen LogP contribution in [-0.2, 0) is 35.6 Å². The molecule has 4 bridgehead atoms. The Morgan fingerprint density at radius 1 is 1.06 bits per heavy atom. The Morgan fingerprint density at radius 2 is 1.76 bits per heavy atom. The SMILES string of the molecule is COC(=O)[C@@H]1[C@H](C(=O)OC)[C@@]23C=C[C@@]1(OC)[C@]1(C)Oc4c(OC)ccc5c4[C@]21CCN(C)[C@H]3C5. The standard InChI is InChI=1S/C26H31NO7/c1-23-25-11-12-27(2)16(13-14-7-8-15(30-3)20(34-23)17(14)25)24(25)9-10-26(23,33-6)19(22(29)32-5)18(24)21(28)31-4/h7-10,16,18-19H,11-13H2,1-6H3/t16-,18+,19-,23+,24-,25-,26-/m0/s1. The van der Waals surface area contributed by atoms with Gasteiger partial charge in [0, 0.05) is 24.1 Å². The van der Waals surface area contributed by atoms with Crippen LogP contribution in [0.25, 0.3) is 0 Å². The minimum atomic E-state index is -1.25. The summed E-state index contributed by atoms with van der Waals surface area (Å²) < 4.78 is 29.7. The Bertz CT molecular complexity index is 1150. The molecule has 0 N–H and O–H groups in total. The molecule has 2 spiro atoms. The first-order valence-electron chi connectivity index (χ1n) is 11.8. The van der Waals surface area contributed by atoms with Gasteiger partial charge in [0.1, 0.15) is 11.5 Å². The molecule has 2 aliphatic heterocycles. The molecule has 1 aromatic rings. The Morgan fingerprint density at radius 3 is 2.41 bits per heavy atom. The number of fused-ring (bicyclic) bond motifs is 1. The molecule has 0 unspecified atom stereocenters. The van der Waals surface area contributed by atoms with Crippen LogP contribution in [0.2, 0.25) is 0 Å². The smallest absolute Gasteiger partial charge is 0.313 e. The molecule has 0 aromatic heterocycles. The highest BCUT2D eigenvalue weighted by Crippen LogP contribution is 2.79. The van der Waals surface area contributed by atoms with E-state index < -0.39 is 45.8 Å². The molecule has 1 saturated heterocycles. The minimum absolute atomic E-state index is 0.0429. The van der Waals surface area contributed by atoms with Gasteiger partial charge in [-0.3, -0.25) is 9.59 Å². The topological polar surface area (TPSA) is 83.5 Å². The summed E-state index contributed by atoms with van der Waals surface area (Å²) in [6.07, 6.45) is 5.55. The third-order valence-corrected chi connectivity index (χ3v) is 9.96. The van der Waals surface area contributed by atoms with Gasteiger partial charge in [0.15, 0.2) is 17.1 Å². The Kier molecular flexibility index (Phi) is 4.22. The van der Waals surface area contributed by atoms with Crippen molar-refractivity contribution < 1.29 is 33.3 Å². The minimum Gasteiger partial charge on any atom is -0.493 e. The summed E-state index contributed by atoms with van der Waals surface area (Å²) in [4.78, 5) is 29.5. The van der Waals surface area contributed by atoms with Gasteiger partial charge in [0.2, 0.25) is 0 Å². The highest BCUT2D eigenvalue weighted by molar-refractivity contribution is 5.88. The van der Waals surface area contributed by atoms with Gasteiger partial charge in [-0.2, -0.15) is 0 Å². The van der Waals surface area contributed by atoms with Crippen LogP contribution in [0.15, 0.2) is 24.3 Å². The fourth-order valence-electron chi connectivity index (χ4n) is 8.80. The average Bonchev–Trinajstić information content (AvgIpc) is 3.14. The number of nitrogens with zero attached hydrogens (tertiary/aromatic N) is 1. The van der Waals surface area contributed by atoms with Gasteiger partial charge in [0.05, 0.1) is 32.7 Å². The van der Waals surface area contributed by atoms with E-state index in [-0.39, 0.29) is 6.04 Å². The number of rotatable bonds is 4. The maximum absolute atomic E-state index is 13.7. The molecular formula is C26H31NO7. The van der Waals surface area contributed by atoms with Gasteiger partial charge < -0.3 is 28.6 Å². The summed E-state index contributed by atoms with van der Waals surface area (Å²) >= 11 is 0. The molecule has 8 nitrogen and oxygen atoms in total. The Hall–Kier alpha value is -2.58. The second-order valence-electron chi connectivity index (χ2n) is 10.4. The highest BCUT2D eigenvalue weighted by Gasteiger charge is 2.88. The van der Waals surface area contributed by atoms with Crippen LogP contribution in [0, 0.1) is 17.3 Å². The molecule has 6 aliphatic rings. The number of hydrogen-bond acceptors (Lipinski definition) is 8. The second kappa shape index (κ2) is 6.55. The predicted molar refractivity (Wildman–Crippen MR) is 121 cm³/mol. The van der Waals surface area contributed by atoms with Gasteiger partial charge in [-0.15, -0.1) is 0 Å². The van der Waals surface area contributed by atoms with E-state index in [1.165, 1.54) is 19.8 Å². The molecule has 1 saturated carbocycles. The highest BCUT2D eigenvalue weighted by atomic mass is 16.6. The number of hydrogen-bond donors (Lipinski definition) is 0. The zero-order chi connectivity index (χ0) is 24.3. The van der Waals surface area contributed by atoms with Crippen molar-refractivity contribution in [3.8, 4) is 11.5 Å². The summed E-state index contributed by atoms with van der Waals surface area (Å²) in [6.45, 7) is 2.86. The van der Waals surface area contributed by atoms with E-state index in [0.29, 0.717) is 11.5 Å². The average molecular weight is 470 g/mol. The van der Waals surface area contributed by atoms with Crippen LogP contribution in [-0.4, -0.2) is 76.1 Å². The number of ether oxygens (including phenoxy) is 5. The van der Waals surface area contributed by atoms with Crippen molar-refractivity contribution in [1.29, 1.82) is 0 Å². The van der Waals surface area contributed by atoms with Crippen LogP contribution in [0.1, 0.15) is 24.5 Å². The second-order valence-corrected chi connectivity index (χ2v) is 10.4. The molecule has 2 heterocycles. The molecule has 7 atom stereocenters. The molecule has 8 heteroatoms. The lowest BCUT2D eigenvalue weighted by atomic mass is 9.30. The van der Waals surface area contributed by atoms with Gasteiger partial charge in [-0.1, -0.05) is 18.2 Å². The lowest BCUT2D eigenvalue weighted by Gasteiger charge is -2.75. The van der Waals surface area contributed by atoms with Crippen molar-refractivity contribution in [2.45, 2.75) is 42.4 Å². The van der Waals surface area contributed by atoms with Crippen molar-refractivity contribution in [3.05, 3.63) is 35.4 Å². The number of likely N-dealkylation sites (N-methyl/N-ethyl adjacent to an activating group) is 1. The number of esters is 2. The van der Waals surface area contributed by atoms with E-state index in [4.69, 9.17) is 23.7 Å². The number of benzene rings is 1. The quantitative estimate of drug-likeness (QED) is 0.488. The third kappa shape index (κ3) is 1.88. The summed E-state index contributed by atoms with van der Waals surface area (Å²) in [5.74, 6) is -1.34. The van der Waals surface area contributed by atoms with Crippen molar-refractivity contribution in [2.75, 3.05) is 42.0 Å². The summed E-state index contributed by atoms with van der Waals surface area (Å²) in [5.41, 5.74) is -1.35. The number of carbonyl (C=O) groups excluding carboxylic acids is 2. The molecule has 0 amide bonds. The summed E-state index contributed by atoms with van der Waals surface area (Å²) in [7, 11) is 8.03. The lowest BCUT2D eigenvalue weighted by Crippen LogP contribution is -2.87. The summed E-state index contributed by atoms with van der Waals surface area (Å²) in [6, 6.07) is 4.02. The van der Waals surface area contributed by atoms with E-state index in [1.54, 1.807) is 14.2 Å². The number of piperidine rings is 1. The van der Waals surface area contributed by atoms with Crippen LogP contribution in [0.3, 0.4) is 0 Å². The summed E-state index contributed by atoms with van der Waals surface area (Å²) in [5, 5.41) is 0. The zero-order valence-corrected chi connectivity index (χ0v) is 20.5. The largest absolute Gasteiger partial charge is 0.493 e. The predicted octanol–water partition coefficient (Wildman–Crippen LogP) is 1.88. The number of methoxy groups -OCH3 is 4. The normalized spacial score (nSPS) is 42.6. The first kappa shape index (κ1) is 21.9. The first-order chi connectivity index (χ1) is 16.2. The molecule has 1 aromatic carbocycles. The van der Waals surface area contributed by atoms with E-state index >= 15 is 0 Å². The maximum atomic E-state index is 13.7. The molecule has 34 heavy (non-hydrogen) atoms. The van der Waals surface area contributed by atoms with E-state index in [0.717, 1.165) is 24.9 Å². The fraction of sp³-hybridized carbons (Fsp3) is 0.615. The molecular weight excluding hydrogens is 438 g/mol. The number of likely N-dealkylation sites (tertiary alicyclic amines) is 1. The van der Waals surface area contributed by atoms with E-state index in [9.17, 15) is 9.59 Å². The third-order valence-electron chi connectivity index (χ3n) is 9.96. The molecule has 182 valence electrons. The Labute approximate surface area is 199 Å². The van der Waals surface area contributed by atoms with E-state index in [2.05, 4.69) is 24.1 Å². The van der Waals surface area contributed by atoms with Crippen LogP contribution < -0.4 is 9.47 Å². The molecule has 4 aliphatic carbocycles. The maximum Gasteiger partial charge on any atom is 0.313 e. The van der Waals surface area contributed by atoms with Gasteiger partial charge in [-0.25, -0.2) is 0 Å². The van der Waals surface area contributed by atoms with Crippen molar-refractivity contribution in [1.82, 2.24) is 4.90 Å². The molecule has 0 radical (unpaired) electrons. The molecule has 2 fully saturated rings. The van der Waals surface area contributed by atoms with Gasteiger partial charge in [-0.05, 0) is 45.0 Å². The Balaban J connectivity index is 1.80. The van der Waals surface area contributed by atoms with Crippen molar-refractivity contribution >= 4 is 11.9 Å². The monoisotopic (exact) mass is 469 g/mol. The lowest BCUT2D eigenvalue weighted by molar-refractivity contribution is -0.282. The van der Waals surface area contributed by atoms with Gasteiger partial charge in [0.25, 0.3) is 0 Å². The van der Waals surface area contributed by atoms with Crippen molar-refractivity contribution in [3.63, 3.8) is 0 Å². The van der Waals surface area contributed by atoms with Crippen LogP contribution >= 0.6 is 0 Å². The van der Waals surface area contributed by atoms with Crippen molar-refractivity contribution in [2.24, 2.45) is 17.3 Å². The van der Waals surface area contributed by atoms with Crippen LogP contribution in [0.5, 0.6) is 11.5 Å². The first-order valence-corrected chi connectivity index (χ1v) is 11.8.